The summed E-state index contributed by atoms with van der Waals surface area (Å²) in [7, 11) is 0. The van der Waals surface area contributed by atoms with Gasteiger partial charge in [0, 0.05) is 6.54 Å². The lowest BCUT2D eigenvalue weighted by atomic mass is 9.91. The van der Waals surface area contributed by atoms with Crippen LogP contribution in [0.25, 0.3) is 0 Å². The average molecular weight is 157 g/mol. The Kier molecular flexibility index (Phi) is 1.40. The summed E-state index contributed by atoms with van der Waals surface area (Å²) < 4.78 is 5.03. The number of carbonyl (C=O) groups is 1. The van der Waals surface area contributed by atoms with Gasteiger partial charge in [-0.2, -0.15) is 0 Å². The van der Waals surface area contributed by atoms with E-state index in [9.17, 15) is 4.79 Å². The average Bonchev–Trinajstić information content (AvgIpc) is 2.28. The SMILES string of the molecule is O=C(O)C1CNC2(COC2)C1. The molecule has 0 bridgehead atoms. The van der Waals surface area contributed by atoms with Gasteiger partial charge in [-0.1, -0.05) is 0 Å². The molecule has 0 aliphatic carbocycles. The van der Waals surface area contributed by atoms with E-state index in [0.717, 1.165) is 6.42 Å². The minimum atomic E-state index is -0.693. The fraction of sp³-hybridized carbons (Fsp3) is 0.857. The highest BCUT2D eigenvalue weighted by molar-refractivity contribution is 5.71. The molecule has 2 N–H and O–H groups in total. The van der Waals surface area contributed by atoms with Crippen molar-refractivity contribution in [3.05, 3.63) is 0 Å². The predicted octanol–water partition coefficient (Wildman–Crippen LogP) is -0.551. The molecule has 2 aliphatic rings. The molecule has 4 heteroatoms. The van der Waals surface area contributed by atoms with Crippen molar-refractivity contribution in [2.45, 2.75) is 12.0 Å². The number of carboxylic acid groups (broad SMARTS) is 1. The molecule has 1 spiro atoms. The van der Waals surface area contributed by atoms with Crippen LogP contribution in [0.1, 0.15) is 6.42 Å². The molecule has 0 saturated carbocycles. The van der Waals surface area contributed by atoms with Crippen molar-refractivity contribution in [3.63, 3.8) is 0 Å². The van der Waals surface area contributed by atoms with Crippen LogP contribution in [0.2, 0.25) is 0 Å². The number of hydrogen-bond acceptors (Lipinski definition) is 3. The zero-order valence-electron chi connectivity index (χ0n) is 6.17. The summed E-state index contributed by atoms with van der Waals surface area (Å²) in [5.41, 5.74) is 0.0169. The summed E-state index contributed by atoms with van der Waals surface area (Å²) in [6.45, 7) is 1.95. The molecule has 1 atom stereocenters. The van der Waals surface area contributed by atoms with Crippen LogP contribution in [-0.2, 0) is 9.53 Å². The molecule has 1 unspecified atom stereocenters. The van der Waals surface area contributed by atoms with Crippen LogP contribution in [0.3, 0.4) is 0 Å². The standard InChI is InChI=1S/C7H11NO3/c9-6(10)5-1-7(8-2-5)3-11-4-7/h5,8H,1-4H2,(H,9,10). The van der Waals surface area contributed by atoms with Gasteiger partial charge in [0.2, 0.25) is 0 Å². The first-order chi connectivity index (χ1) is 5.22. The lowest BCUT2D eigenvalue weighted by Gasteiger charge is -2.38. The zero-order chi connectivity index (χ0) is 7.90. The van der Waals surface area contributed by atoms with Gasteiger partial charge in [0.15, 0.2) is 0 Å². The van der Waals surface area contributed by atoms with Gasteiger partial charge >= 0.3 is 5.97 Å². The molecular weight excluding hydrogens is 146 g/mol. The van der Waals surface area contributed by atoms with Gasteiger partial charge in [-0.3, -0.25) is 4.79 Å². The molecule has 2 fully saturated rings. The second-order valence-electron chi connectivity index (χ2n) is 3.39. The molecule has 2 rings (SSSR count). The van der Waals surface area contributed by atoms with E-state index in [0.29, 0.717) is 19.8 Å². The largest absolute Gasteiger partial charge is 0.481 e. The van der Waals surface area contributed by atoms with Gasteiger partial charge in [0.25, 0.3) is 0 Å². The maximum atomic E-state index is 10.5. The highest BCUT2D eigenvalue weighted by Crippen LogP contribution is 2.30. The van der Waals surface area contributed by atoms with E-state index in [1.165, 1.54) is 0 Å². The second-order valence-corrected chi connectivity index (χ2v) is 3.39. The summed E-state index contributed by atoms with van der Waals surface area (Å²) in [6.07, 6.45) is 0.725. The molecule has 2 aliphatic heterocycles. The lowest BCUT2D eigenvalue weighted by molar-refractivity contribution is -0.141. The van der Waals surface area contributed by atoms with Gasteiger partial charge in [-0.15, -0.1) is 0 Å². The molecule has 0 radical (unpaired) electrons. The quantitative estimate of drug-likeness (QED) is 0.536. The Hall–Kier alpha value is -0.610. The molecule has 0 aromatic rings. The number of ether oxygens (including phenoxy) is 1. The first-order valence-electron chi connectivity index (χ1n) is 3.77. The lowest BCUT2D eigenvalue weighted by Crippen LogP contribution is -2.56. The first kappa shape index (κ1) is 7.06. The van der Waals surface area contributed by atoms with Crippen molar-refractivity contribution >= 4 is 5.97 Å². The van der Waals surface area contributed by atoms with Gasteiger partial charge in [-0.25, -0.2) is 0 Å². The van der Waals surface area contributed by atoms with Gasteiger partial charge in [-0.05, 0) is 6.42 Å². The maximum absolute atomic E-state index is 10.5. The summed E-state index contributed by atoms with van der Waals surface area (Å²) in [5.74, 6) is -0.903. The molecule has 2 saturated heterocycles. The van der Waals surface area contributed by atoms with Crippen LogP contribution in [0, 0.1) is 5.92 Å². The third-order valence-electron chi connectivity index (χ3n) is 2.47. The molecule has 62 valence electrons. The number of aliphatic carboxylic acids is 1. The topological polar surface area (TPSA) is 58.6 Å². The summed E-state index contributed by atoms with van der Waals surface area (Å²) in [6, 6.07) is 0. The van der Waals surface area contributed by atoms with Crippen LogP contribution < -0.4 is 5.32 Å². The van der Waals surface area contributed by atoms with Crippen LogP contribution in [-0.4, -0.2) is 36.4 Å². The van der Waals surface area contributed by atoms with Crippen LogP contribution in [0.5, 0.6) is 0 Å². The Bertz CT molecular complexity index is 188. The number of carboxylic acids is 1. The third kappa shape index (κ3) is 1.02. The second kappa shape index (κ2) is 2.19. The molecule has 2 heterocycles. The smallest absolute Gasteiger partial charge is 0.307 e. The van der Waals surface area contributed by atoms with Gasteiger partial charge in [0.05, 0.1) is 24.7 Å². The maximum Gasteiger partial charge on any atom is 0.307 e. The van der Waals surface area contributed by atoms with Crippen molar-refractivity contribution < 1.29 is 14.6 Å². The van der Waals surface area contributed by atoms with Crippen molar-refractivity contribution in [1.29, 1.82) is 0 Å². The minimum Gasteiger partial charge on any atom is -0.481 e. The zero-order valence-corrected chi connectivity index (χ0v) is 6.17. The van der Waals surface area contributed by atoms with Crippen molar-refractivity contribution in [3.8, 4) is 0 Å². The van der Waals surface area contributed by atoms with Crippen LogP contribution >= 0.6 is 0 Å². The van der Waals surface area contributed by atoms with Gasteiger partial charge < -0.3 is 15.2 Å². The van der Waals surface area contributed by atoms with E-state index in [1.54, 1.807) is 0 Å². The van der Waals surface area contributed by atoms with Crippen LogP contribution in [0.15, 0.2) is 0 Å². The predicted molar refractivity (Wildman–Crippen MR) is 37.3 cm³/mol. The minimum absolute atomic E-state index is 0.0169. The Morgan fingerprint density at radius 2 is 2.36 bits per heavy atom. The van der Waals surface area contributed by atoms with E-state index < -0.39 is 5.97 Å². The Morgan fingerprint density at radius 3 is 2.64 bits per heavy atom. The summed E-state index contributed by atoms with van der Waals surface area (Å²) in [5, 5.41) is 11.9. The fourth-order valence-corrected chi connectivity index (χ4v) is 1.70. The molecule has 11 heavy (non-hydrogen) atoms. The molecule has 0 aromatic heterocycles. The Balaban J connectivity index is 1.98. The molecule has 0 aromatic carbocycles. The Morgan fingerprint density at radius 1 is 1.64 bits per heavy atom. The number of hydrogen-bond donors (Lipinski definition) is 2. The number of nitrogens with one attached hydrogen (secondary N) is 1. The highest BCUT2D eigenvalue weighted by Gasteiger charge is 2.46. The summed E-state index contributed by atoms with van der Waals surface area (Å²) in [4.78, 5) is 10.5. The Labute approximate surface area is 64.5 Å². The van der Waals surface area contributed by atoms with E-state index in [4.69, 9.17) is 9.84 Å². The third-order valence-corrected chi connectivity index (χ3v) is 2.47. The van der Waals surface area contributed by atoms with Crippen molar-refractivity contribution in [2.75, 3.05) is 19.8 Å². The van der Waals surface area contributed by atoms with Crippen molar-refractivity contribution in [2.24, 2.45) is 5.92 Å². The van der Waals surface area contributed by atoms with Gasteiger partial charge in [0.1, 0.15) is 0 Å². The molecular formula is C7H11NO3. The molecule has 0 amide bonds. The van der Waals surface area contributed by atoms with Crippen LogP contribution in [0.4, 0.5) is 0 Å². The highest BCUT2D eigenvalue weighted by atomic mass is 16.5. The summed E-state index contributed by atoms with van der Waals surface area (Å²) >= 11 is 0. The van der Waals surface area contributed by atoms with E-state index in [-0.39, 0.29) is 11.5 Å². The monoisotopic (exact) mass is 157 g/mol. The number of rotatable bonds is 1. The normalized spacial score (nSPS) is 33.6. The first-order valence-corrected chi connectivity index (χ1v) is 3.77. The van der Waals surface area contributed by atoms with Crippen molar-refractivity contribution in [1.82, 2.24) is 5.32 Å². The fourth-order valence-electron chi connectivity index (χ4n) is 1.70. The van der Waals surface area contributed by atoms with E-state index in [2.05, 4.69) is 5.32 Å². The molecule has 4 nitrogen and oxygen atoms in total. The van der Waals surface area contributed by atoms with E-state index in [1.807, 2.05) is 0 Å². The van der Waals surface area contributed by atoms with E-state index >= 15 is 0 Å².